The van der Waals surface area contributed by atoms with E-state index in [1.54, 1.807) is 23.1 Å². The topological polar surface area (TPSA) is 71.1 Å². The molecule has 1 aliphatic heterocycles. The first-order chi connectivity index (χ1) is 13.4. The summed E-state index contributed by atoms with van der Waals surface area (Å²) in [5.41, 5.74) is 1.01. The molecule has 1 heterocycles. The van der Waals surface area contributed by atoms with Crippen LogP contribution in [0.1, 0.15) is 0 Å². The number of anilines is 2. The summed E-state index contributed by atoms with van der Waals surface area (Å²) >= 11 is 5.71. The summed E-state index contributed by atoms with van der Waals surface area (Å²) in [6.07, 6.45) is 0. The van der Waals surface area contributed by atoms with Gasteiger partial charge in [-0.05, 0) is 30.3 Å². The summed E-state index contributed by atoms with van der Waals surface area (Å²) in [6.45, 7) is 0.701. The third kappa shape index (κ3) is 4.12. The van der Waals surface area contributed by atoms with Gasteiger partial charge in [0.05, 0.1) is 19.2 Å². The minimum Gasteiger partial charge on any atom is -0.493 e. The van der Waals surface area contributed by atoms with Crippen LogP contribution in [0.3, 0.4) is 0 Å². The lowest BCUT2D eigenvalue weighted by atomic mass is 10.2. The lowest BCUT2D eigenvalue weighted by molar-refractivity contribution is -0.116. The van der Waals surface area contributed by atoms with Gasteiger partial charge in [-0.25, -0.2) is 9.18 Å². The molecule has 0 radical (unpaired) electrons. The summed E-state index contributed by atoms with van der Waals surface area (Å²) in [6, 6.07) is 8.77. The first-order valence-corrected chi connectivity index (χ1v) is 8.84. The van der Waals surface area contributed by atoms with E-state index in [0.717, 1.165) is 6.07 Å². The third-order valence-corrected chi connectivity index (χ3v) is 4.60. The Morgan fingerprint density at radius 3 is 2.57 bits per heavy atom. The van der Waals surface area contributed by atoms with Gasteiger partial charge in [-0.2, -0.15) is 0 Å². The second-order valence-corrected chi connectivity index (χ2v) is 6.48. The summed E-state index contributed by atoms with van der Waals surface area (Å²) < 4.78 is 23.7. The molecule has 28 heavy (non-hydrogen) atoms. The average Bonchev–Trinajstić information content (AvgIpc) is 3.04. The van der Waals surface area contributed by atoms with Crippen molar-refractivity contribution in [2.75, 3.05) is 44.1 Å². The molecule has 1 fully saturated rings. The molecule has 7 nitrogen and oxygen atoms in total. The Hall–Kier alpha value is -3.00. The Morgan fingerprint density at radius 1 is 1.14 bits per heavy atom. The van der Waals surface area contributed by atoms with Crippen molar-refractivity contribution in [1.82, 2.24) is 4.90 Å². The number of benzene rings is 2. The number of carbonyl (C=O) groups is 2. The summed E-state index contributed by atoms with van der Waals surface area (Å²) in [5.74, 6) is 0.106. The Balaban J connectivity index is 1.65. The molecule has 2 aromatic rings. The predicted molar refractivity (Wildman–Crippen MR) is 104 cm³/mol. The molecule has 0 bridgehead atoms. The number of hydrogen-bond donors (Lipinski definition) is 1. The number of rotatable bonds is 6. The minimum absolute atomic E-state index is 0.0883. The summed E-state index contributed by atoms with van der Waals surface area (Å²) in [4.78, 5) is 27.9. The van der Waals surface area contributed by atoms with Gasteiger partial charge in [0.15, 0.2) is 11.5 Å². The van der Waals surface area contributed by atoms with E-state index in [9.17, 15) is 14.0 Å². The number of urea groups is 1. The van der Waals surface area contributed by atoms with Gasteiger partial charge in [-0.1, -0.05) is 11.6 Å². The molecule has 2 aromatic carbocycles. The van der Waals surface area contributed by atoms with Crippen molar-refractivity contribution in [1.29, 1.82) is 0 Å². The second-order valence-electron chi connectivity index (χ2n) is 6.07. The first kappa shape index (κ1) is 19.8. The van der Waals surface area contributed by atoms with E-state index >= 15 is 0 Å². The molecule has 1 aliphatic rings. The standard InChI is InChI=1S/C19H19ClFN3O4/c1-27-16-6-4-13(10-17(16)28-2)24-8-7-23(19(24)26)11-18(25)22-12-3-5-15(21)14(20)9-12/h3-6,9-10H,7-8,11H2,1-2H3,(H,22,25). The maximum absolute atomic E-state index is 13.2. The number of halogens is 2. The fourth-order valence-electron chi connectivity index (χ4n) is 2.91. The highest BCUT2D eigenvalue weighted by molar-refractivity contribution is 6.31. The van der Waals surface area contributed by atoms with Crippen molar-refractivity contribution in [3.63, 3.8) is 0 Å². The van der Waals surface area contributed by atoms with Crippen LogP contribution in [-0.2, 0) is 4.79 Å². The van der Waals surface area contributed by atoms with Crippen molar-refractivity contribution in [2.45, 2.75) is 0 Å². The van der Waals surface area contributed by atoms with Crippen LogP contribution >= 0.6 is 11.6 Å². The number of hydrogen-bond acceptors (Lipinski definition) is 4. The average molecular weight is 408 g/mol. The highest BCUT2D eigenvalue weighted by atomic mass is 35.5. The van der Waals surface area contributed by atoms with Crippen LogP contribution in [0.15, 0.2) is 36.4 Å². The fraction of sp³-hybridized carbons (Fsp3) is 0.263. The zero-order valence-electron chi connectivity index (χ0n) is 15.4. The van der Waals surface area contributed by atoms with Crippen molar-refractivity contribution >= 4 is 34.9 Å². The number of nitrogens with one attached hydrogen (secondary N) is 1. The number of amides is 3. The molecule has 1 N–H and O–H groups in total. The van der Waals surface area contributed by atoms with Crippen LogP contribution in [0, 0.1) is 5.82 Å². The molecule has 9 heteroatoms. The zero-order valence-corrected chi connectivity index (χ0v) is 16.1. The lowest BCUT2D eigenvalue weighted by Gasteiger charge is -2.19. The van der Waals surface area contributed by atoms with Gasteiger partial charge in [0.25, 0.3) is 0 Å². The minimum atomic E-state index is -0.569. The van der Waals surface area contributed by atoms with E-state index in [1.165, 1.54) is 31.3 Å². The van der Waals surface area contributed by atoms with Crippen molar-refractivity contribution in [3.8, 4) is 11.5 Å². The SMILES string of the molecule is COc1ccc(N2CCN(CC(=O)Nc3ccc(F)c(Cl)c3)C2=O)cc1OC. The van der Waals surface area contributed by atoms with E-state index in [0.29, 0.717) is 36.0 Å². The van der Waals surface area contributed by atoms with Crippen LogP contribution in [-0.4, -0.2) is 50.7 Å². The van der Waals surface area contributed by atoms with Crippen LogP contribution in [0.4, 0.5) is 20.6 Å². The van der Waals surface area contributed by atoms with Crippen molar-refractivity contribution in [3.05, 3.63) is 47.2 Å². The molecule has 0 aromatic heterocycles. The molecule has 3 amide bonds. The maximum Gasteiger partial charge on any atom is 0.325 e. The molecule has 148 valence electrons. The monoisotopic (exact) mass is 407 g/mol. The van der Waals surface area contributed by atoms with Gasteiger partial charge in [0.1, 0.15) is 12.4 Å². The largest absolute Gasteiger partial charge is 0.493 e. The Bertz CT molecular complexity index is 909. The lowest BCUT2D eigenvalue weighted by Crippen LogP contribution is -2.37. The number of methoxy groups -OCH3 is 2. The van der Waals surface area contributed by atoms with Crippen molar-refractivity contribution in [2.24, 2.45) is 0 Å². The van der Waals surface area contributed by atoms with Crippen LogP contribution in [0.25, 0.3) is 0 Å². The molecular formula is C19H19ClFN3O4. The Labute approximate surface area is 166 Å². The zero-order chi connectivity index (χ0) is 20.3. The van der Waals surface area contributed by atoms with E-state index in [1.807, 2.05) is 0 Å². The fourth-order valence-corrected chi connectivity index (χ4v) is 3.09. The van der Waals surface area contributed by atoms with E-state index in [-0.39, 0.29) is 17.6 Å². The maximum atomic E-state index is 13.2. The second kappa shape index (κ2) is 8.35. The molecule has 0 unspecified atom stereocenters. The van der Waals surface area contributed by atoms with Gasteiger partial charge >= 0.3 is 6.03 Å². The Kier molecular flexibility index (Phi) is 5.89. The van der Waals surface area contributed by atoms with E-state index < -0.39 is 11.7 Å². The van der Waals surface area contributed by atoms with Gasteiger partial charge in [-0.3, -0.25) is 9.69 Å². The molecular weight excluding hydrogens is 389 g/mol. The van der Waals surface area contributed by atoms with Gasteiger partial charge in [-0.15, -0.1) is 0 Å². The Morgan fingerprint density at radius 2 is 1.89 bits per heavy atom. The van der Waals surface area contributed by atoms with Crippen LogP contribution in [0.2, 0.25) is 5.02 Å². The highest BCUT2D eigenvalue weighted by Crippen LogP contribution is 2.32. The quantitative estimate of drug-likeness (QED) is 0.797. The van der Waals surface area contributed by atoms with E-state index in [4.69, 9.17) is 21.1 Å². The number of ether oxygens (including phenoxy) is 2. The predicted octanol–water partition coefficient (Wildman–Crippen LogP) is 3.38. The number of carbonyl (C=O) groups excluding carboxylic acids is 2. The normalized spacial score (nSPS) is 13.6. The summed E-state index contributed by atoms with van der Waals surface area (Å²) in [5, 5.41) is 2.52. The van der Waals surface area contributed by atoms with Crippen LogP contribution in [0.5, 0.6) is 11.5 Å². The highest BCUT2D eigenvalue weighted by Gasteiger charge is 2.31. The smallest absolute Gasteiger partial charge is 0.325 e. The molecule has 0 spiro atoms. The number of nitrogens with zero attached hydrogens (tertiary/aromatic N) is 2. The van der Waals surface area contributed by atoms with E-state index in [2.05, 4.69) is 5.32 Å². The molecule has 0 aliphatic carbocycles. The van der Waals surface area contributed by atoms with Gasteiger partial charge < -0.3 is 19.7 Å². The summed E-state index contributed by atoms with van der Waals surface area (Å²) in [7, 11) is 3.05. The van der Waals surface area contributed by atoms with Gasteiger partial charge in [0, 0.05) is 30.5 Å². The van der Waals surface area contributed by atoms with Gasteiger partial charge in [0.2, 0.25) is 5.91 Å². The molecule has 0 atom stereocenters. The first-order valence-electron chi connectivity index (χ1n) is 8.46. The molecule has 1 saturated heterocycles. The molecule has 0 saturated carbocycles. The molecule has 3 rings (SSSR count). The third-order valence-electron chi connectivity index (χ3n) is 4.31. The van der Waals surface area contributed by atoms with Crippen molar-refractivity contribution < 1.29 is 23.5 Å². The van der Waals surface area contributed by atoms with Crippen LogP contribution < -0.4 is 19.7 Å².